The van der Waals surface area contributed by atoms with Crippen molar-refractivity contribution < 1.29 is 23.9 Å². The third-order valence-electron chi connectivity index (χ3n) is 2.96. The van der Waals surface area contributed by atoms with Crippen LogP contribution in [0.3, 0.4) is 0 Å². The molecule has 0 aromatic rings. The second-order valence-corrected chi connectivity index (χ2v) is 8.33. The highest BCUT2D eigenvalue weighted by Gasteiger charge is 2.20. The van der Waals surface area contributed by atoms with E-state index >= 15 is 0 Å². The third kappa shape index (κ3) is 12.7. The first-order valence-electron chi connectivity index (χ1n) is 8.91. The average Bonchev–Trinajstić information content (AvgIpc) is 2.44. The van der Waals surface area contributed by atoms with E-state index in [2.05, 4.69) is 6.92 Å². The van der Waals surface area contributed by atoms with Crippen LogP contribution in [-0.4, -0.2) is 24.5 Å². The Balaban J connectivity index is 5.16. The summed E-state index contributed by atoms with van der Waals surface area (Å²) in [6.45, 7) is 15.4. The van der Waals surface area contributed by atoms with Crippen LogP contribution in [0.2, 0.25) is 0 Å². The zero-order valence-corrected chi connectivity index (χ0v) is 16.8. The first kappa shape index (κ1) is 23.4. The minimum Gasteiger partial charge on any atom is -0.342 e. The van der Waals surface area contributed by atoms with E-state index < -0.39 is 12.3 Å². The SMILES string of the molecule is CCCCC(COOC(C)(C)C)=C(CC(C)CF)OOC(C)(C)C. The monoisotopic (exact) mass is 348 g/mol. The summed E-state index contributed by atoms with van der Waals surface area (Å²) in [4.78, 5) is 21.8. The first-order valence-corrected chi connectivity index (χ1v) is 8.91. The number of hydrogen-bond donors (Lipinski definition) is 0. The predicted molar refractivity (Wildman–Crippen MR) is 95.0 cm³/mol. The van der Waals surface area contributed by atoms with Gasteiger partial charge >= 0.3 is 0 Å². The molecule has 0 rings (SSSR count). The number of alkyl halides is 1. The van der Waals surface area contributed by atoms with Crippen LogP contribution in [0.25, 0.3) is 0 Å². The highest BCUT2D eigenvalue weighted by molar-refractivity contribution is 5.09. The Bertz CT molecular complexity index is 367. The van der Waals surface area contributed by atoms with Gasteiger partial charge in [-0.05, 0) is 60.3 Å². The van der Waals surface area contributed by atoms with E-state index in [9.17, 15) is 4.39 Å². The highest BCUT2D eigenvalue weighted by atomic mass is 19.1. The molecule has 0 saturated carbocycles. The second-order valence-electron chi connectivity index (χ2n) is 8.33. The predicted octanol–water partition coefficient (Wildman–Crippen LogP) is 5.92. The summed E-state index contributed by atoms with van der Waals surface area (Å²) in [5.74, 6) is 0.518. The summed E-state index contributed by atoms with van der Waals surface area (Å²) in [6, 6.07) is 0. The molecule has 0 saturated heterocycles. The van der Waals surface area contributed by atoms with Gasteiger partial charge in [0.05, 0.1) is 12.3 Å². The third-order valence-corrected chi connectivity index (χ3v) is 2.96. The van der Waals surface area contributed by atoms with Crippen molar-refractivity contribution in [2.75, 3.05) is 13.3 Å². The summed E-state index contributed by atoms with van der Waals surface area (Å²) in [5, 5.41) is 0. The molecule has 0 fully saturated rings. The van der Waals surface area contributed by atoms with Crippen LogP contribution in [0.15, 0.2) is 11.3 Å². The lowest BCUT2D eigenvalue weighted by atomic mass is 10.0. The largest absolute Gasteiger partial charge is 0.342 e. The van der Waals surface area contributed by atoms with Crippen molar-refractivity contribution >= 4 is 0 Å². The van der Waals surface area contributed by atoms with Crippen molar-refractivity contribution in [2.24, 2.45) is 5.92 Å². The van der Waals surface area contributed by atoms with Gasteiger partial charge in [0.25, 0.3) is 0 Å². The van der Waals surface area contributed by atoms with Gasteiger partial charge in [-0.15, -0.1) is 0 Å². The Hall–Kier alpha value is -0.650. The number of rotatable bonds is 11. The summed E-state index contributed by atoms with van der Waals surface area (Å²) in [7, 11) is 0. The van der Waals surface area contributed by atoms with E-state index in [4.69, 9.17) is 19.6 Å². The normalized spacial score (nSPS) is 15.2. The highest BCUT2D eigenvalue weighted by Crippen LogP contribution is 2.24. The number of halogens is 1. The molecule has 4 nitrogen and oxygen atoms in total. The van der Waals surface area contributed by atoms with E-state index in [0.717, 1.165) is 24.8 Å². The average molecular weight is 348 g/mol. The molecule has 0 aliphatic heterocycles. The van der Waals surface area contributed by atoms with Crippen LogP contribution in [0, 0.1) is 5.92 Å². The van der Waals surface area contributed by atoms with Crippen molar-refractivity contribution in [1.29, 1.82) is 0 Å². The Morgan fingerprint density at radius 2 is 1.58 bits per heavy atom. The molecule has 0 spiro atoms. The van der Waals surface area contributed by atoms with Crippen LogP contribution in [0.1, 0.15) is 81.1 Å². The quantitative estimate of drug-likeness (QED) is 0.264. The van der Waals surface area contributed by atoms with Gasteiger partial charge in [0.1, 0.15) is 18.0 Å². The summed E-state index contributed by atoms with van der Waals surface area (Å²) in [5.41, 5.74) is 0.138. The number of hydrogen-bond acceptors (Lipinski definition) is 4. The summed E-state index contributed by atoms with van der Waals surface area (Å²) >= 11 is 0. The molecule has 0 aromatic carbocycles. The van der Waals surface area contributed by atoms with E-state index in [-0.39, 0.29) is 11.5 Å². The molecule has 5 heteroatoms. The second kappa shape index (κ2) is 11.1. The Morgan fingerprint density at radius 1 is 1.00 bits per heavy atom. The van der Waals surface area contributed by atoms with Crippen LogP contribution >= 0.6 is 0 Å². The van der Waals surface area contributed by atoms with Crippen molar-refractivity contribution in [3.63, 3.8) is 0 Å². The fourth-order valence-electron chi connectivity index (χ4n) is 1.74. The molecule has 0 aromatic heterocycles. The van der Waals surface area contributed by atoms with Gasteiger partial charge < -0.3 is 4.89 Å². The fourth-order valence-corrected chi connectivity index (χ4v) is 1.74. The Kier molecular flexibility index (Phi) is 10.8. The smallest absolute Gasteiger partial charge is 0.144 e. The summed E-state index contributed by atoms with van der Waals surface area (Å²) < 4.78 is 13.0. The van der Waals surface area contributed by atoms with Crippen molar-refractivity contribution in [3.05, 3.63) is 11.3 Å². The van der Waals surface area contributed by atoms with Gasteiger partial charge in [0.2, 0.25) is 0 Å². The number of unbranched alkanes of at least 4 members (excludes halogenated alkanes) is 1. The maximum absolute atomic E-state index is 13.0. The van der Waals surface area contributed by atoms with Crippen LogP contribution in [0.5, 0.6) is 0 Å². The molecular weight excluding hydrogens is 311 g/mol. The van der Waals surface area contributed by atoms with E-state index in [0.29, 0.717) is 18.8 Å². The molecule has 0 heterocycles. The lowest BCUT2D eigenvalue weighted by molar-refractivity contribution is -0.346. The molecule has 0 radical (unpaired) electrons. The molecule has 1 unspecified atom stereocenters. The van der Waals surface area contributed by atoms with E-state index in [1.165, 1.54) is 0 Å². The fraction of sp³-hybridized carbons (Fsp3) is 0.895. The minimum absolute atomic E-state index is 0.135. The molecule has 0 bridgehead atoms. The standard InChI is InChI=1S/C19H37FO4/c1-9-10-11-16(14-21-23-18(3,4)5)17(12-15(2)13-20)22-24-19(6,7)8/h15H,9-14H2,1-8H3. The Labute approximate surface area is 147 Å². The molecule has 1 atom stereocenters. The molecule has 0 aliphatic rings. The lowest BCUT2D eigenvalue weighted by Gasteiger charge is -2.23. The summed E-state index contributed by atoms with van der Waals surface area (Å²) in [6.07, 6.45) is 3.34. The maximum atomic E-state index is 13.0. The topological polar surface area (TPSA) is 36.9 Å². The van der Waals surface area contributed by atoms with Crippen LogP contribution in [0.4, 0.5) is 4.39 Å². The van der Waals surface area contributed by atoms with Gasteiger partial charge in [-0.2, -0.15) is 4.89 Å². The maximum Gasteiger partial charge on any atom is 0.144 e. The van der Waals surface area contributed by atoms with Gasteiger partial charge in [-0.25, -0.2) is 9.78 Å². The van der Waals surface area contributed by atoms with Crippen molar-refractivity contribution in [3.8, 4) is 0 Å². The molecule has 0 aliphatic carbocycles. The molecule has 144 valence electrons. The van der Waals surface area contributed by atoms with Crippen molar-refractivity contribution in [1.82, 2.24) is 0 Å². The van der Waals surface area contributed by atoms with Crippen LogP contribution < -0.4 is 0 Å². The Morgan fingerprint density at radius 3 is 2.04 bits per heavy atom. The first-order chi connectivity index (χ1) is 11.0. The minimum atomic E-state index is -0.442. The van der Waals surface area contributed by atoms with E-state index in [1.54, 1.807) is 0 Å². The van der Waals surface area contributed by atoms with E-state index in [1.807, 2.05) is 48.5 Å². The van der Waals surface area contributed by atoms with Gasteiger partial charge in [-0.1, -0.05) is 20.3 Å². The number of allylic oxidation sites excluding steroid dienone is 1. The van der Waals surface area contributed by atoms with Crippen molar-refractivity contribution in [2.45, 2.75) is 92.3 Å². The molecular formula is C19H37FO4. The zero-order valence-electron chi connectivity index (χ0n) is 16.8. The van der Waals surface area contributed by atoms with Crippen LogP contribution in [-0.2, 0) is 19.6 Å². The van der Waals surface area contributed by atoms with Gasteiger partial charge in [-0.3, -0.25) is 4.39 Å². The molecule has 0 N–H and O–H groups in total. The molecule has 0 amide bonds. The lowest BCUT2D eigenvalue weighted by Crippen LogP contribution is -2.22. The van der Waals surface area contributed by atoms with Gasteiger partial charge in [0.15, 0.2) is 0 Å². The molecule has 24 heavy (non-hydrogen) atoms. The zero-order chi connectivity index (χ0) is 18.8. The van der Waals surface area contributed by atoms with Gasteiger partial charge in [0, 0.05) is 12.0 Å².